The van der Waals surface area contributed by atoms with Crippen LogP contribution in [-0.2, 0) is 0 Å². The van der Waals surface area contributed by atoms with Crippen molar-refractivity contribution in [1.29, 1.82) is 0 Å². The Kier molecular flexibility index (Phi) is 5.45. The molecule has 0 aliphatic carbocycles. The highest BCUT2D eigenvalue weighted by atomic mass is 35.5. The Bertz CT molecular complexity index is 668. The number of rotatable bonds is 5. The molecule has 1 N–H and O–H groups in total. The Hall–Kier alpha value is -2.00. The van der Waals surface area contributed by atoms with Crippen molar-refractivity contribution in [1.82, 2.24) is 0 Å². The average Bonchev–Trinajstić information content (AvgIpc) is 2.48. The summed E-state index contributed by atoms with van der Waals surface area (Å²) in [6, 6.07) is 12.6. The molecule has 1 amide bonds. The highest BCUT2D eigenvalue weighted by Crippen LogP contribution is 2.21. The zero-order chi connectivity index (χ0) is 16.1. The molecule has 2 aromatic carbocycles. The molecular weight excluding hydrogens is 298 g/mol. The molecule has 3 nitrogen and oxygen atoms in total. The molecule has 116 valence electrons. The van der Waals surface area contributed by atoms with Crippen molar-refractivity contribution >= 4 is 23.2 Å². The van der Waals surface area contributed by atoms with Crippen LogP contribution in [0.1, 0.15) is 29.8 Å². The van der Waals surface area contributed by atoms with Crippen molar-refractivity contribution in [3.8, 4) is 5.75 Å². The fourth-order valence-corrected chi connectivity index (χ4v) is 2.18. The number of aryl methyl sites for hydroxylation is 1. The molecule has 0 saturated heterocycles. The van der Waals surface area contributed by atoms with Gasteiger partial charge in [-0.15, -0.1) is 0 Å². The van der Waals surface area contributed by atoms with Gasteiger partial charge in [-0.3, -0.25) is 4.79 Å². The minimum absolute atomic E-state index is 0.166. The van der Waals surface area contributed by atoms with Gasteiger partial charge in [0.05, 0.1) is 6.61 Å². The van der Waals surface area contributed by atoms with Gasteiger partial charge in [0.15, 0.2) is 0 Å². The van der Waals surface area contributed by atoms with Crippen molar-refractivity contribution in [3.05, 3.63) is 58.6 Å². The zero-order valence-corrected chi connectivity index (χ0v) is 13.8. The average molecular weight is 318 g/mol. The van der Waals surface area contributed by atoms with Crippen LogP contribution in [0.3, 0.4) is 0 Å². The lowest BCUT2D eigenvalue weighted by Gasteiger charge is -2.11. The van der Waals surface area contributed by atoms with Crippen LogP contribution in [0, 0.1) is 12.8 Å². The molecule has 0 spiro atoms. The quantitative estimate of drug-likeness (QED) is 0.848. The number of ether oxygens (including phenoxy) is 1. The van der Waals surface area contributed by atoms with Crippen LogP contribution in [0.2, 0.25) is 5.02 Å². The molecule has 0 fully saturated rings. The van der Waals surface area contributed by atoms with E-state index in [0.717, 1.165) is 11.3 Å². The summed E-state index contributed by atoms with van der Waals surface area (Å²) in [6.45, 7) is 6.70. The highest BCUT2D eigenvalue weighted by Gasteiger charge is 2.09. The topological polar surface area (TPSA) is 38.3 Å². The van der Waals surface area contributed by atoms with Crippen molar-refractivity contribution in [2.45, 2.75) is 20.8 Å². The molecular formula is C18H20ClNO2. The predicted octanol–water partition coefficient (Wildman–Crippen LogP) is 4.94. The van der Waals surface area contributed by atoms with Gasteiger partial charge >= 0.3 is 0 Å². The summed E-state index contributed by atoms with van der Waals surface area (Å²) in [5.74, 6) is 0.976. The van der Waals surface area contributed by atoms with Crippen LogP contribution in [0.25, 0.3) is 0 Å². The molecule has 0 aromatic heterocycles. The Morgan fingerprint density at radius 3 is 2.68 bits per heavy atom. The van der Waals surface area contributed by atoms with Crippen molar-refractivity contribution in [2.24, 2.45) is 5.92 Å². The van der Waals surface area contributed by atoms with E-state index < -0.39 is 0 Å². The fraction of sp³-hybridized carbons (Fsp3) is 0.278. The minimum atomic E-state index is -0.166. The Labute approximate surface area is 136 Å². The maximum atomic E-state index is 12.3. The van der Waals surface area contributed by atoms with E-state index in [4.69, 9.17) is 16.3 Å². The molecule has 0 bridgehead atoms. The number of halogens is 1. The third-order valence-electron chi connectivity index (χ3n) is 3.12. The predicted molar refractivity (Wildman–Crippen MR) is 90.9 cm³/mol. The van der Waals surface area contributed by atoms with E-state index >= 15 is 0 Å². The number of anilines is 1. The van der Waals surface area contributed by atoms with Gasteiger partial charge in [0.2, 0.25) is 0 Å². The van der Waals surface area contributed by atoms with E-state index in [1.165, 1.54) is 0 Å². The number of nitrogens with one attached hydrogen (secondary N) is 1. The van der Waals surface area contributed by atoms with E-state index in [9.17, 15) is 4.79 Å². The Morgan fingerprint density at radius 1 is 1.23 bits per heavy atom. The van der Waals surface area contributed by atoms with E-state index in [-0.39, 0.29) is 5.91 Å². The normalized spacial score (nSPS) is 10.6. The first-order chi connectivity index (χ1) is 10.5. The molecule has 2 aromatic rings. The number of hydrogen-bond donors (Lipinski definition) is 1. The third-order valence-corrected chi connectivity index (χ3v) is 3.35. The molecule has 0 heterocycles. The second-order valence-electron chi connectivity index (χ2n) is 5.65. The summed E-state index contributed by atoms with van der Waals surface area (Å²) >= 11 is 5.92. The van der Waals surface area contributed by atoms with Crippen LogP contribution in [-0.4, -0.2) is 12.5 Å². The van der Waals surface area contributed by atoms with E-state index in [0.29, 0.717) is 28.9 Å². The SMILES string of the molecule is Cc1cc(Cl)ccc1NC(=O)c1cccc(OCC(C)C)c1. The third kappa shape index (κ3) is 4.50. The number of carbonyl (C=O) groups is 1. The largest absolute Gasteiger partial charge is 0.493 e. The Morgan fingerprint density at radius 2 is 2.00 bits per heavy atom. The van der Waals surface area contributed by atoms with Gasteiger partial charge < -0.3 is 10.1 Å². The number of carbonyl (C=O) groups excluding carboxylic acids is 1. The highest BCUT2D eigenvalue weighted by molar-refractivity contribution is 6.30. The van der Waals surface area contributed by atoms with E-state index in [2.05, 4.69) is 19.2 Å². The van der Waals surface area contributed by atoms with Crippen LogP contribution in [0.15, 0.2) is 42.5 Å². The molecule has 0 atom stereocenters. The van der Waals surface area contributed by atoms with Crippen LogP contribution >= 0.6 is 11.6 Å². The summed E-state index contributed by atoms with van der Waals surface area (Å²) in [4.78, 5) is 12.3. The van der Waals surface area contributed by atoms with Gasteiger partial charge in [-0.2, -0.15) is 0 Å². The van der Waals surface area contributed by atoms with Gasteiger partial charge in [-0.25, -0.2) is 0 Å². The summed E-state index contributed by atoms with van der Waals surface area (Å²) in [7, 11) is 0. The fourth-order valence-electron chi connectivity index (χ4n) is 1.95. The van der Waals surface area contributed by atoms with E-state index in [1.54, 1.807) is 24.3 Å². The van der Waals surface area contributed by atoms with E-state index in [1.807, 2.05) is 25.1 Å². The number of amides is 1. The van der Waals surface area contributed by atoms with Gasteiger partial charge in [0.25, 0.3) is 5.91 Å². The zero-order valence-electron chi connectivity index (χ0n) is 13.0. The molecule has 4 heteroatoms. The Balaban J connectivity index is 2.10. The lowest BCUT2D eigenvalue weighted by Crippen LogP contribution is -2.13. The number of benzene rings is 2. The van der Waals surface area contributed by atoms with Crippen molar-refractivity contribution < 1.29 is 9.53 Å². The van der Waals surface area contributed by atoms with Crippen molar-refractivity contribution in [3.63, 3.8) is 0 Å². The van der Waals surface area contributed by atoms with Crippen molar-refractivity contribution in [2.75, 3.05) is 11.9 Å². The summed E-state index contributed by atoms with van der Waals surface area (Å²) < 4.78 is 5.65. The van der Waals surface area contributed by atoms with Crippen LogP contribution in [0.4, 0.5) is 5.69 Å². The summed E-state index contributed by atoms with van der Waals surface area (Å²) in [5.41, 5.74) is 2.24. The van der Waals surface area contributed by atoms with Gasteiger partial charge in [-0.1, -0.05) is 31.5 Å². The molecule has 0 unspecified atom stereocenters. The van der Waals surface area contributed by atoms with Gasteiger partial charge in [0, 0.05) is 16.3 Å². The van der Waals surface area contributed by atoms with Gasteiger partial charge in [-0.05, 0) is 54.8 Å². The van der Waals surface area contributed by atoms with Crippen LogP contribution < -0.4 is 10.1 Å². The summed E-state index contributed by atoms with van der Waals surface area (Å²) in [5, 5.41) is 3.55. The molecule has 0 aliphatic rings. The summed E-state index contributed by atoms with van der Waals surface area (Å²) in [6.07, 6.45) is 0. The number of hydrogen-bond acceptors (Lipinski definition) is 2. The molecule has 0 radical (unpaired) electrons. The maximum absolute atomic E-state index is 12.3. The van der Waals surface area contributed by atoms with Crippen LogP contribution in [0.5, 0.6) is 5.75 Å². The standard InChI is InChI=1S/C18H20ClNO2/c1-12(2)11-22-16-6-4-5-14(10-16)18(21)20-17-8-7-15(19)9-13(17)3/h4-10,12H,11H2,1-3H3,(H,20,21). The molecule has 2 rings (SSSR count). The first-order valence-electron chi connectivity index (χ1n) is 7.26. The first kappa shape index (κ1) is 16.4. The first-order valence-corrected chi connectivity index (χ1v) is 7.64. The minimum Gasteiger partial charge on any atom is -0.493 e. The lowest BCUT2D eigenvalue weighted by molar-refractivity contribution is 0.102. The molecule has 0 saturated carbocycles. The molecule has 22 heavy (non-hydrogen) atoms. The lowest BCUT2D eigenvalue weighted by atomic mass is 10.1. The molecule has 0 aliphatic heterocycles. The monoisotopic (exact) mass is 317 g/mol. The smallest absolute Gasteiger partial charge is 0.255 e. The maximum Gasteiger partial charge on any atom is 0.255 e. The second-order valence-corrected chi connectivity index (χ2v) is 6.08. The second kappa shape index (κ2) is 7.32. The van der Waals surface area contributed by atoms with Gasteiger partial charge in [0.1, 0.15) is 5.75 Å².